The second-order valence-corrected chi connectivity index (χ2v) is 5.37. The summed E-state index contributed by atoms with van der Waals surface area (Å²) in [6.45, 7) is 9.46. The first-order chi connectivity index (χ1) is 8.86. The number of piperazine rings is 1. The number of benzene rings is 1. The van der Waals surface area contributed by atoms with Crippen LogP contribution in [0.3, 0.4) is 0 Å². The van der Waals surface area contributed by atoms with Crippen molar-refractivity contribution in [3.05, 3.63) is 29.8 Å². The van der Waals surface area contributed by atoms with E-state index in [0.29, 0.717) is 6.04 Å². The van der Waals surface area contributed by atoms with Crippen molar-refractivity contribution in [2.75, 3.05) is 44.6 Å². The lowest BCUT2D eigenvalue weighted by Gasteiger charge is -2.41. The van der Waals surface area contributed by atoms with Crippen LogP contribution in [-0.2, 0) is 6.42 Å². The third-order valence-electron chi connectivity index (χ3n) is 4.37. The van der Waals surface area contributed by atoms with Crippen LogP contribution in [0.5, 0.6) is 0 Å². The second-order valence-electron chi connectivity index (χ2n) is 5.37. The lowest BCUT2D eigenvalue weighted by molar-refractivity contribution is 0.102. The van der Waals surface area contributed by atoms with Crippen LogP contribution < -0.4 is 5.32 Å². The molecule has 2 aliphatic rings. The van der Waals surface area contributed by atoms with E-state index in [0.717, 1.165) is 6.54 Å². The van der Waals surface area contributed by atoms with E-state index in [1.807, 2.05) is 0 Å². The number of nitrogens with zero attached hydrogens (tertiary/aromatic N) is 2. The number of nitrogens with one attached hydrogen (secondary N) is 1. The molecule has 0 radical (unpaired) electrons. The summed E-state index contributed by atoms with van der Waals surface area (Å²) in [6.07, 6.45) is 1.20. The maximum Gasteiger partial charge on any atom is 0.0373 e. The minimum atomic E-state index is 0.680. The molecule has 1 saturated heterocycles. The molecule has 2 heterocycles. The summed E-state index contributed by atoms with van der Waals surface area (Å²) in [5.74, 6) is 0. The molecule has 1 atom stereocenters. The van der Waals surface area contributed by atoms with Gasteiger partial charge in [-0.05, 0) is 24.6 Å². The Bertz CT molecular complexity index is 396. The summed E-state index contributed by atoms with van der Waals surface area (Å²) in [4.78, 5) is 5.20. The number of likely N-dealkylation sites (N-methyl/N-ethyl adjacent to an activating group) is 1. The van der Waals surface area contributed by atoms with Crippen LogP contribution in [-0.4, -0.2) is 55.1 Å². The molecule has 3 nitrogen and oxygen atoms in total. The Morgan fingerprint density at radius 2 is 1.94 bits per heavy atom. The van der Waals surface area contributed by atoms with E-state index >= 15 is 0 Å². The van der Waals surface area contributed by atoms with Gasteiger partial charge in [0.25, 0.3) is 0 Å². The molecule has 1 N–H and O–H groups in total. The van der Waals surface area contributed by atoms with Gasteiger partial charge in [-0.25, -0.2) is 0 Å². The van der Waals surface area contributed by atoms with E-state index in [9.17, 15) is 0 Å². The van der Waals surface area contributed by atoms with Crippen LogP contribution in [0, 0.1) is 0 Å². The summed E-state index contributed by atoms with van der Waals surface area (Å²) < 4.78 is 0. The molecule has 1 aromatic carbocycles. The zero-order valence-corrected chi connectivity index (χ0v) is 11.2. The number of hydrogen-bond donors (Lipinski definition) is 1. The zero-order valence-electron chi connectivity index (χ0n) is 11.2. The average molecular weight is 245 g/mol. The molecule has 3 heteroatoms. The first kappa shape index (κ1) is 12.0. The Morgan fingerprint density at radius 3 is 2.72 bits per heavy atom. The van der Waals surface area contributed by atoms with Gasteiger partial charge >= 0.3 is 0 Å². The molecule has 0 saturated carbocycles. The van der Waals surface area contributed by atoms with Crippen LogP contribution in [0.15, 0.2) is 24.3 Å². The van der Waals surface area contributed by atoms with Gasteiger partial charge in [0, 0.05) is 44.5 Å². The Labute approximate surface area is 110 Å². The summed E-state index contributed by atoms with van der Waals surface area (Å²) >= 11 is 0. The van der Waals surface area contributed by atoms with Gasteiger partial charge in [-0.15, -0.1) is 0 Å². The lowest BCUT2D eigenvalue weighted by Crippen LogP contribution is -2.53. The minimum Gasteiger partial charge on any atom is -0.383 e. The molecule has 0 aromatic heterocycles. The van der Waals surface area contributed by atoms with Crippen LogP contribution >= 0.6 is 0 Å². The third-order valence-corrected chi connectivity index (χ3v) is 4.37. The predicted octanol–water partition coefficient (Wildman–Crippen LogP) is 1.66. The van der Waals surface area contributed by atoms with Crippen molar-refractivity contribution in [2.45, 2.75) is 19.4 Å². The van der Waals surface area contributed by atoms with Crippen molar-refractivity contribution in [1.29, 1.82) is 0 Å². The molecule has 0 bridgehead atoms. The highest BCUT2D eigenvalue weighted by Crippen LogP contribution is 2.24. The first-order valence-corrected chi connectivity index (χ1v) is 7.15. The molecule has 2 aliphatic heterocycles. The number of para-hydroxylation sites is 1. The summed E-state index contributed by atoms with van der Waals surface area (Å²) in [6, 6.07) is 9.40. The first-order valence-electron chi connectivity index (χ1n) is 7.15. The molecule has 1 unspecified atom stereocenters. The zero-order chi connectivity index (χ0) is 12.4. The summed E-state index contributed by atoms with van der Waals surface area (Å²) in [5.41, 5.74) is 2.81. The molecule has 1 aromatic rings. The summed E-state index contributed by atoms with van der Waals surface area (Å²) in [7, 11) is 0. The van der Waals surface area contributed by atoms with E-state index in [1.165, 1.54) is 50.4 Å². The van der Waals surface area contributed by atoms with E-state index in [-0.39, 0.29) is 0 Å². The monoisotopic (exact) mass is 245 g/mol. The maximum atomic E-state index is 3.58. The lowest BCUT2D eigenvalue weighted by atomic mass is 9.98. The van der Waals surface area contributed by atoms with Gasteiger partial charge in [0.2, 0.25) is 0 Å². The maximum absolute atomic E-state index is 3.58. The number of hydrogen-bond acceptors (Lipinski definition) is 3. The number of anilines is 1. The van der Waals surface area contributed by atoms with E-state index in [4.69, 9.17) is 0 Å². The molecule has 3 rings (SSSR count). The fraction of sp³-hybridized carbons (Fsp3) is 0.600. The molecule has 18 heavy (non-hydrogen) atoms. The van der Waals surface area contributed by atoms with Crippen LogP contribution in [0.1, 0.15) is 12.5 Å². The molecule has 0 spiro atoms. The smallest absolute Gasteiger partial charge is 0.0373 e. The average Bonchev–Trinajstić information content (AvgIpc) is 2.47. The Hall–Kier alpha value is -1.06. The fourth-order valence-electron chi connectivity index (χ4n) is 3.13. The number of rotatable bonds is 2. The normalized spacial score (nSPS) is 25.5. The Kier molecular flexibility index (Phi) is 3.52. The van der Waals surface area contributed by atoms with Gasteiger partial charge in [0.1, 0.15) is 0 Å². The molecule has 98 valence electrons. The summed E-state index contributed by atoms with van der Waals surface area (Å²) in [5, 5.41) is 3.58. The van der Waals surface area contributed by atoms with Crippen LogP contribution in [0.25, 0.3) is 0 Å². The third kappa shape index (κ3) is 2.38. The fourth-order valence-corrected chi connectivity index (χ4v) is 3.13. The van der Waals surface area contributed by atoms with Crippen molar-refractivity contribution in [2.24, 2.45) is 0 Å². The molecule has 0 aliphatic carbocycles. The van der Waals surface area contributed by atoms with Crippen molar-refractivity contribution >= 4 is 5.69 Å². The molecule has 1 fully saturated rings. The standard InChI is InChI=1S/C15H23N3/c1-2-17-7-9-18(10-8-17)14-11-13-5-3-4-6-15(13)16-12-14/h3-6,14,16H,2,7-12H2,1H3. The van der Waals surface area contributed by atoms with Crippen molar-refractivity contribution in [1.82, 2.24) is 9.80 Å². The molecular weight excluding hydrogens is 222 g/mol. The predicted molar refractivity (Wildman–Crippen MR) is 76.1 cm³/mol. The molecule has 0 amide bonds. The highest BCUT2D eigenvalue weighted by atomic mass is 15.3. The van der Waals surface area contributed by atoms with Crippen molar-refractivity contribution < 1.29 is 0 Å². The highest BCUT2D eigenvalue weighted by Gasteiger charge is 2.26. The van der Waals surface area contributed by atoms with Gasteiger partial charge in [-0.2, -0.15) is 0 Å². The highest BCUT2D eigenvalue weighted by molar-refractivity contribution is 5.53. The topological polar surface area (TPSA) is 18.5 Å². The quantitative estimate of drug-likeness (QED) is 0.855. The van der Waals surface area contributed by atoms with Crippen LogP contribution in [0.4, 0.5) is 5.69 Å². The SMILES string of the molecule is CCN1CCN(C2CNc3ccccc3C2)CC1. The Balaban J connectivity index is 1.63. The van der Waals surface area contributed by atoms with Crippen molar-refractivity contribution in [3.8, 4) is 0 Å². The van der Waals surface area contributed by atoms with Gasteiger partial charge in [-0.1, -0.05) is 25.1 Å². The number of fused-ring (bicyclic) bond motifs is 1. The van der Waals surface area contributed by atoms with Crippen LogP contribution in [0.2, 0.25) is 0 Å². The van der Waals surface area contributed by atoms with E-state index < -0.39 is 0 Å². The van der Waals surface area contributed by atoms with Gasteiger partial charge in [0.15, 0.2) is 0 Å². The van der Waals surface area contributed by atoms with Crippen molar-refractivity contribution in [3.63, 3.8) is 0 Å². The van der Waals surface area contributed by atoms with Gasteiger partial charge in [0.05, 0.1) is 0 Å². The molecular formula is C15H23N3. The second kappa shape index (κ2) is 5.29. The van der Waals surface area contributed by atoms with Gasteiger partial charge in [-0.3, -0.25) is 4.90 Å². The minimum absolute atomic E-state index is 0.680. The Morgan fingerprint density at radius 1 is 1.17 bits per heavy atom. The van der Waals surface area contributed by atoms with Gasteiger partial charge < -0.3 is 10.2 Å². The largest absolute Gasteiger partial charge is 0.383 e. The van der Waals surface area contributed by atoms with E-state index in [1.54, 1.807) is 0 Å². The van der Waals surface area contributed by atoms with E-state index in [2.05, 4.69) is 46.3 Å².